The number of hydrogen-bond donors (Lipinski definition) is 2. The Morgan fingerprint density at radius 2 is 1.68 bits per heavy atom. The molecule has 0 aliphatic carbocycles. The number of aryl methyl sites for hydroxylation is 2. The van der Waals surface area contributed by atoms with E-state index in [1.165, 1.54) is 38.4 Å². The molecule has 0 bridgehead atoms. The maximum Gasteiger partial charge on any atom is 0.276 e. The molecule has 0 atom stereocenters. The molecular formula is C22H25N7O2. The van der Waals surface area contributed by atoms with Crippen molar-refractivity contribution in [3.05, 3.63) is 64.2 Å². The third-order valence-corrected chi connectivity index (χ3v) is 5.11. The third-order valence-electron chi connectivity index (χ3n) is 5.11. The van der Waals surface area contributed by atoms with Gasteiger partial charge in [-0.25, -0.2) is 9.67 Å². The predicted molar refractivity (Wildman–Crippen MR) is 120 cm³/mol. The lowest BCUT2D eigenvalue weighted by atomic mass is 10.1. The van der Waals surface area contributed by atoms with Gasteiger partial charge >= 0.3 is 0 Å². The molecule has 1 aliphatic heterocycles. The van der Waals surface area contributed by atoms with E-state index in [-0.39, 0.29) is 17.2 Å². The molecule has 0 saturated carbocycles. The van der Waals surface area contributed by atoms with E-state index in [0.717, 1.165) is 35.0 Å². The van der Waals surface area contributed by atoms with Crippen LogP contribution in [0.25, 0.3) is 0 Å². The third kappa shape index (κ3) is 5.06. The van der Waals surface area contributed by atoms with Crippen LogP contribution in [-0.4, -0.2) is 38.7 Å². The van der Waals surface area contributed by atoms with Crippen LogP contribution in [0.15, 0.2) is 47.3 Å². The van der Waals surface area contributed by atoms with Gasteiger partial charge in [-0.3, -0.25) is 9.59 Å². The van der Waals surface area contributed by atoms with Gasteiger partial charge in [0.25, 0.3) is 11.5 Å². The maximum absolute atomic E-state index is 12.3. The van der Waals surface area contributed by atoms with Crippen molar-refractivity contribution >= 4 is 29.0 Å². The summed E-state index contributed by atoms with van der Waals surface area (Å²) in [6.45, 7) is 4.01. The van der Waals surface area contributed by atoms with Crippen LogP contribution in [0.5, 0.6) is 0 Å². The molecule has 4 rings (SSSR count). The van der Waals surface area contributed by atoms with E-state index in [9.17, 15) is 9.59 Å². The highest BCUT2D eigenvalue weighted by molar-refractivity contribution is 6.02. The number of aromatic nitrogens is 4. The Morgan fingerprint density at radius 1 is 0.968 bits per heavy atom. The van der Waals surface area contributed by atoms with Gasteiger partial charge in [-0.2, -0.15) is 10.1 Å². The molecule has 1 fully saturated rings. The molecule has 2 aromatic heterocycles. The summed E-state index contributed by atoms with van der Waals surface area (Å²) in [5.74, 6) is 1.11. The van der Waals surface area contributed by atoms with Crippen molar-refractivity contribution in [2.45, 2.75) is 26.2 Å². The van der Waals surface area contributed by atoms with Crippen molar-refractivity contribution in [3.63, 3.8) is 0 Å². The predicted octanol–water partition coefficient (Wildman–Crippen LogP) is 2.86. The number of amides is 1. The molecule has 1 aromatic carbocycles. The van der Waals surface area contributed by atoms with Gasteiger partial charge in [0.05, 0.1) is 0 Å². The van der Waals surface area contributed by atoms with Crippen LogP contribution in [0.3, 0.4) is 0 Å². The molecule has 3 heterocycles. The summed E-state index contributed by atoms with van der Waals surface area (Å²) in [4.78, 5) is 35.2. The molecule has 31 heavy (non-hydrogen) atoms. The first-order chi connectivity index (χ1) is 15.0. The fourth-order valence-corrected chi connectivity index (χ4v) is 3.48. The van der Waals surface area contributed by atoms with E-state index in [2.05, 4.69) is 30.6 Å². The van der Waals surface area contributed by atoms with Gasteiger partial charge in [-0.15, -0.1) is 0 Å². The van der Waals surface area contributed by atoms with Crippen LogP contribution in [0.1, 0.15) is 35.4 Å². The van der Waals surface area contributed by atoms with Crippen molar-refractivity contribution in [2.75, 3.05) is 28.6 Å². The quantitative estimate of drug-likeness (QED) is 0.655. The van der Waals surface area contributed by atoms with Crippen molar-refractivity contribution in [1.29, 1.82) is 0 Å². The highest BCUT2D eigenvalue weighted by Gasteiger charge is 2.14. The molecule has 1 aliphatic rings. The maximum atomic E-state index is 12.3. The molecule has 0 radical (unpaired) electrons. The van der Waals surface area contributed by atoms with Crippen molar-refractivity contribution in [3.8, 4) is 0 Å². The Bertz CT molecular complexity index is 1140. The Hall–Kier alpha value is -3.75. The van der Waals surface area contributed by atoms with Gasteiger partial charge in [0.2, 0.25) is 5.95 Å². The van der Waals surface area contributed by atoms with E-state index in [1.807, 2.05) is 25.1 Å². The highest BCUT2D eigenvalue weighted by atomic mass is 16.2. The standard InChI is InChI=1S/C22H25N7O2/c1-15-14-19(29-12-4-3-5-13-29)26-22(23-15)25-17-8-6-16(7-9-17)24-21(31)18-10-11-20(30)28(2)27-18/h6-11,14H,3-5,12-13H2,1-2H3,(H,24,31)(H,23,25,26). The molecule has 1 amide bonds. The monoisotopic (exact) mass is 419 g/mol. The molecule has 2 N–H and O–H groups in total. The highest BCUT2D eigenvalue weighted by Crippen LogP contribution is 2.22. The zero-order chi connectivity index (χ0) is 21.8. The molecular weight excluding hydrogens is 394 g/mol. The lowest BCUT2D eigenvalue weighted by Gasteiger charge is -2.28. The SMILES string of the molecule is Cc1cc(N2CCCCC2)nc(Nc2ccc(NC(=O)c3ccc(=O)n(C)n3)cc2)n1. The second-order valence-electron chi connectivity index (χ2n) is 7.58. The smallest absolute Gasteiger partial charge is 0.276 e. The minimum atomic E-state index is -0.385. The Labute approximate surface area is 180 Å². The molecule has 9 nitrogen and oxygen atoms in total. The summed E-state index contributed by atoms with van der Waals surface area (Å²) >= 11 is 0. The summed E-state index contributed by atoms with van der Waals surface area (Å²) in [6.07, 6.45) is 3.65. The van der Waals surface area contributed by atoms with Gasteiger partial charge in [0, 0.05) is 49.3 Å². The number of carbonyl (C=O) groups is 1. The lowest BCUT2D eigenvalue weighted by molar-refractivity contribution is 0.102. The van der Waals surface area contributed by atoms with Gasteiger partial charge in [0.15, 0.2) is 0 Å². The molecule has 9 heteroatoms. The zero-order valence-electron chi connectivity index (χ0n) is 17.6. The Morgan fingerprint density at radius 3 is 2.39 bits per heavy atom. The molecule has 3 aromatic rings. The first-order valence-electron chi connectivity index (χ1n) is 10.3. The molecule has 160 valence electrons. The first kappa shape index (κ1) is 20.5. The normalized spacial score (nSPS) is 13.7. The van der Waals surface area contributed by atoms with Gasteiger partial charge in [-0.1, -0.05) is 0 Å². The van der Waals surface area contributed by atoms with Crippen LogP contribution < -0.4 is 21.1 Å². The topological polar surface area (TPSA) is 105 Å². The average Bonchev–Trinajstić information content (AvgIpc) is 2.77. The zero-order valence-corrected chi connectivity index (χ0v) is 17.6. The molecule has 0 unspecified atom stereocenters. The van der Waals surface area contributed by atoms with Gasteiger partial charge < -0.3 is 15.5 Å². The van der Waals surface area contributed by atoms with E-state index in [4.69, 9.17) is 0 Å². The summed E-state index contributed by atoms with van der Waals surface area (Å²) in [5.41, 5.74) is 2.24. The second kappa shape index (κ2) is 8.95. The van der Waals surface area contributed by atoms with Crippen molar-refractivity contribution in [2.24, 2.45) is 7.05 Å². The van der Waals surface area contributed by atoms with Crippen molar-refractivity contribution in [1.82, 2.24) is 19.7 Å². The Kier molecular flexibility index (Phi) is 5.92. The molecule has 1 saturated heterocycles. The van der Waals surface area contributed by atoms with E-state index in [1.54, 1.807) is 12.1 Å². The lowest BCUT2D eigenvalue weighted by Crippen LogP contribution is -2.30. The van der Waals surface area contributed by atoms with E-state index in [0.29, 0.717) is 11.6 Å². The summed E-state index contributed by atoms with van der Waals surface area (Å²) in [5, 5.41) is 9.97. The van der Waals surface area contributed by atoms with E-state index >= 15 is 0 Å². The van der Waals surface area contributed by atoms with E-state index < -0.39 is 0 Å². The fourth-order valence-electron chi connectivity index (χ4n) is 3.48. The van der Waals surface area contributed by atoms with Crippen LogP contribution in [0.4, 0.5) is 23.1 Å². The number of piperidine rings is 1. The second-order valence-corrected chi connectivity index (χ2v) is 7.58. The Balaban J connectivity index is 1.43. The first-order valence-corrected chi connectivity index (χ1v) is 10.3. The minimum Gasteiger partial charge on any atom is -0.356 e. The summed E-state index contributed by atoms with van der Waals surface area (Å²) in [7, 11) is 1.50. The summed E-state index contributed by atoms with van der Waals surface area (Å²) in [6, 6.07) is 12.0. The number of rotatable bonds is 5. The number of anilines is 4. The number of hydrogen-bond acceptors (Lipinski definition) is 7. The number of nitrogens with zero attached hydrogens (tertiary/aromatic N) is 5. The van der Waals surface area contributed by atoms with Crippen LogP contribution >= 0.6 is 0 Å². The van der Waals surface area contributed by atoms with Crippen molar-refractivity contribution < 1.29 is 4.79 Å². The van der Waals surface area contributed by atoms with Gasteiger partial charge in [0.1, 0.15) is 11.5 Å². The van der Waals surface area contributed by atoms with Crippen LogP contribution in [0.2, 0.25) is 0 Å². The minimum absolute atomic E-state index is 0.169. The molecule has 0 spiro atoms. The fraction of sp³-hybridized carbons (Fsp3) is 0.318. The number of nitrogens with one attached hydrogen (secondary N) is 2. The number of carbonyl (C=O) groups excluding carboxylic acids is 1. The summed E-state index contributed by atoms with van der Waals surface area (Å²) < 4.78 is 1.13. The number of benzene rings is 1. The van der Waals surface area contributed by atoms with Gasteiger partial charge in [-0.05, 0) is 56.5 Å². The average molecular weight is 419 g/mol. The largest absolute Gasteiger partial charge is 0.356 e. The van der Waals surface area contributed by atoms with Crippen LogP contribution in [0, 0.1) is 6.92 Å². The van der Waals surface area contributed by atoms with Crippen LogP contribution in [-0.2, 0) is 7.05 Å².